The van der Waals surface area contributed by atoms with Crippen LogP contribution in [-0.2, 0) is 14.9 Å². The summed E-state index contributed by atoms with van der Waals surface area (Å²) in [5.41, 5.74) is -0.117. The minimum atomic E-state index is -5.63. The topological polar surface area (TPSA) is 80.7 Å². The maximum atomic E-state index is 12.7. The van der Waals surface area contributed by atoms with Crippen molar-refractivity contribution in [3.05, 3.63) is 34.9 Å². The summed E-state index contributed by atoms with van der Waals surface area (Å²) < 4.78 is 58.3. The Morgan fingerprint density at radius 3 is 2.56 bits per heavy atom. The maximum absolute atomic E-state index is 12.7. The molecule has 0 heterocycles. The van der Waals surface area contributed by atoms with Crippen LogP contribution in [0, 0.1) is 0 Å². The number of hydrogen-bond acceptors (Lipinski definition) is 4. The lowest BCUT2D eigenvalue weighted by molar-refractivity contribution is -0.00950. The summed E-state index contributed by atoms with van der Waals surface area (Å²) in [5, 5.41) is -4.37. The first kappa shape index (κ1) is 14.8. The third-order valence-corrected chi connectivity index (χ3v) is 2.92. The number of benzene rings is 1. The molecule has 0 atom stereocenters. The van der Waals surface area contributed by atoms with Gasteiger partial charge in [-0.15, -0.1) is 0 Å². The lowest BCUT2D eigenvalue weighted by Crippen LogP contribution is -2.34. The second kappa shape index (κ2) is 5.17. The summed E-state index contributed by atoms with van der Waals surface area (Å²) >= 11 is 5.56. The molecule has 0 aliphatic carbocycles. The Labute approximate surface area is 106 Å². The van der Waals surface area contributed by atoms with Crippen molar-refractivity contribution in [2.45, 2.75) is 5.25 Å². The lowest BCUT2D eigenvalue weighted by Gasteiger charge is -2.12. The van der Waals surface area contributed by atoms with E-state index in [1.165, 1.54) is 18.2 Å². The summed E-state index contributed by atoms with van der Waals surface area (Å²) in [5.74, 6) is -1.18. The Morgan fingerprint density at radius 1 is 1.44 bits per heavy atom. The standard InChI is InChI=1S/C9H7ClF2O5S/c10-7-3-1-2-6(4-7)8(13)17-5-9(11,12)18(14,15)16/h1-4H,5H2,(H,14,15,16). The zero-order chi connectivity index (χ0) is 14.0. The SMILES string of the molecule is O=C(OCC(F)(F)S(=O)(=O)O)c1cccc(Cl)c1. The summed E-state index contributed by atoms with van der Waals surface area (Å²) in [6.45, 7) is -1.78. The van der Waals surface area contributed by atoms with Gasteiger partial charge < -0.3 is 4.74 Å². The van der Waals surface area contributed by atoms with E-state index in [2.05, 4.69) is 4.74 Å². The molecular weight excluding hydrogens is 294 g/mol. The molecule has 1 rings (SSSR count). The van der Waals surface area contributed by atoms with Crippen molar-refractivity contribution in [2.24, 2.45) is 0 Å². The molecule has 100 valence electrons. The monoisotopic (exact) mass is 300 g/mol. The number of hydrogen-bond donors (Lipinski definition) is 1. The Hall–Kier alpha value is -1.25. The molecule has 0 fully saturated rings. The van der Waals surface area contributed by atoms with Crippen LogP contribution in [0.4, 0.5) is 8.78 Å². The van der Waals surface area contributed by atoms with Crippen LogP contribution < -0.4 is 0 Å². The second-order valence-electron chi connectivity index (χ2n) is 3.20. The highest BCUT2D eigenvalue weighted by Gasteiger charge is 2.45. The number of esters is 1. The third-order valence-electron chi connectivity index (χ3n) is 1.81. The first-order valence-corrected chi connectivity index (χ1v) is 6.23. The van der Waals surface area contributed by atoms with Crippen LogP contribution in [0.1, 0.15) is 10.4 Å². The molecule has 5 nitrogen and oxygen atoms in total. The van der Waals surface area contributed by atoms with Gasteiger partial charge in [-0.25, -0.2) is 4.79 Å². The highest BCUT2D eigenvalue weighted by Crippen LogP contribution is 2.21. The third kappa shape index (κ3) is 3.62. The van der Waals surface area contributed by atoms with Gasteiger partial charge in [0.05, 0.1) is 5.56 Å². The molecule has 9 heteroatoms. The van der Waals surface area contributed by atoms with E-state index >= 15 is 0 Å². The highest BCUT2D eigenvalue weighted by molar-refractivity contribution is 7.86. The minimum absolute atomic E-state index is 0.117. The van der Waals surface area contributed by atoms with Gasteiger partial charge >= 0.3 is 21.3 Å². The Bertz CT molecular complexity index is 558. The molecule has 0 bridgehead atoms. The molecule has 0 aromatic heterocycles. The number of ether oxygens (including phenoxy) is 1. The van der Waals surface area contributed by atoms with Gasteiger partial charge in [-0.2, -0.15) is 17.2 Å². The Morgan fingerprint density at radius 2 is 2.06 bits per heavy atom. The van der Waals surface area contributed by atoms with E-state index in [1.54, 1.807) is 0 Å². The van der Waals surface area contributed by atoms with Crippen molar-refractivity contribution in [1.82, 2.24) is 0 Å². The van der Waals surface area contributed by atoms with Crippen LogP contribution in [-0.4, -0.2) is 30.8 Å². The molecule has 0 unspecified atom stereocenters. The first-order chi connectivity index (χ1) is 8.13. The number of carbonyl (C=O) groups is 1. The lowest BCUT2D eigenvalue weighted by atomic mass is 10.2. The summed E-state index contributed by atoms with van der Waals surface area (Å²) in [4.78, 5) is 11.3. The van der Waals surface area contributed by atoms with Crippen LogP contribution in [0.25, 0.3) is 0 Å². The average Bonchev–Trinajstić information content (AvgIpc) is 2.24. The zero-order valence-corrected chi connectivity index (χ0v) is 10.2. The Kier molecular flexibility index (Phi) is 4.25. The van der Waals surface area contributed by atoms with E-state index < -0.39 is 27.9 Å². The number of alkyl halides is 2. The van der Waals surface area contributed by atoms with Crippen molar-refractivity contribution < 1.29 is 31.3 Å². The van der Waals surface area contributed by atoms with E-state index in [0.717, 1.165) is 6.07 Å². The fourth-order valence-electron chi connectivity index (χ4n) is 0.923. The zero-order valence-electron chi connectivity index (χ0n) is 8.64. The van der Waals surface area contributed by atoms with Crippen molar-refractivity contribution in [3.8, 4) is 0 Å². The summed E-state index contributed by atoms with van der Waals surface area (Å²) in [7, 11) is -5.63. The fourth-order valence-corrected chi connectivity index (χ4v) is 1.32. The molecule has 0 aliphatic rings. The molecule has 0 saturated heterocycles. The molecule has 0 saturated carbocycles. The van der Waals surface area contributed by atoms with Gasteiger partial charge in [0, 0.05) is 5.02 Å². The van der Waals surface area contributed by atoms with Gasteiger partial charge in [0.15, 0.2) is 6.61 Å². The maximum Gasteiger partial charge on any atom is 0.402 e. The van der Waals surface area contributed by atoms with Crippen LogP contribution in [0.5, 0.6) is 0 Å². The molecule has 0 aliphatic heterocycles. The smallest absolute Gasteiger partial charge is 0.402 e. The van der Waals surface area contributed by atoms with E-state index in [-0.39, 0.29) is 10.6 Å². The van der Waals surface area contributed by atoms with Crippen LogP contribution >= 0.6 is 11.6 Å². The highest BCUT2D eigenvalue weighted by atomic mass is 35.5. The van der Waals surface area contributed by atoms with Crippen LogP contribution in [0.3, 0.4) is 0 Å². The van der Waals surface area contributed by atoms with Crippen LogP contribution in [0.15, 0.2) is 24.3 Å². The molecular formula is C9H7ClF2O5S. The van der Waals surface area contributed by atoms with Gasteiger partial charge in [0.25, 0.3) is 0 Å². The van der Waals surface area contributed by atoms with E-state index in [0.29, 0.717) is 0 Å². The second-order valence-corrected chi connectivity index (χ2v) is 5.18. The normalized spacial score (nSPS) is 12.2. The Balaban J connectivity index is 2.74. The molecule has 0 spiro atoms. The predicted molar refractivity (Wildman–Crippen MR) is 58.2 cm³/mol. The summed E-state index contributed by atoms with van der Waals surface area (Å²) in [6.07, 6.45) is 0. The van der Waals surface area contributed by atoms with Gasteiger partial charge in [-0.3, -0.25) is 4.55 Å². The average molecular weight is 301 g/mol. The van der Waals surface area contributed by atoms with E-state index in [4.69, 9.17) is 16.2 Å². The number of halogens is 3. The quantitative estimate of drug-likeness (QED) is 0.679. The molecule has 1 N–H and O–H groups in total. The van der Waals surface area contributed by atoms with E-state index in [9.17, 15) is 22.0 Å². The first-order valence-electron chi connectivity index (χ1n) is 4.41. The molecule has 1 aromatic rings. The fraction of sp³-hybridized carbons (Fsp3) is 0.222. The molecule has 1 aromatic carbocycles. The van der Waals surface area contributed by atoms with Crippen molar-refractivity contribution in [3.63, 3.8) is 0 Å². The minimum Gasteiger partial charge on any atom is -0.454 e. The van der Waals surface area contributed by atoms with Crippen molar-refractivity contribution in [2.75, 3.05) is 6.61 Å². The van der Waals surface area contributed by atoms with Gasteiger partial charge in [-0.1, -0.05) is 17.7 Å². The number of rotatable bonds is 4. The van der Waals surface area contributed by atoms with Crippen molar-refractivity contribution in [1.29, 1.82) is 0 Å². The van der Waals surface area contributed by atoms with Crippen molar-refractivity contribution >= 4 is 27.7 Å². The number of carbonyl (C=O) groups excluding carboxylic acids is 1. The van der Waals surface area contributed by atoms with E-state index in [1.807, 2.05) is 0 Å². The largest absolute Gasteiger partial charge is 0.454 e. The summed E-state index contributed by atoms with van der Waals surface area (Å²) in [6, 6.07) is 5.25. The van der Waals surface area contributed by atoms with Gasteiger partial charge in [-0.05, 0) is 18.2 Å². The molecule has 0 radical (unpaired) electrons. The predicted octanol–water partition coefficient (Wildman–Crippen LogP) is 1.98. The van der Waals surface area contributed by atoms with Crippen LogP contribution in [0.2, 0.25) is 5.02 Å². The molecule has 18 heavy (non-hydrogen) atoms. The molecule has 0 amide bonds. The van der Waals surface area contributed by atoms with Gasteiger partial charge in [0.1, 0.15) is 0 Å². The van der Waals surface area contributed by atoms with Gasteiger partial charge in [0.2, 0.25) is 0 Å².